The first-order valence-corrected chi connectivity index (χ1v) is 8.19. The number of aromatic nitrogens is 3. The van der Waals surface area contributed by atoms with Crippen LogP contribution in [0.25, 0.3) is 11.4 Å². The zero-order valence-electron chi connectivity index (χ0n) is 13.3. The van der Waals surface area contributed by atoms with Crippen molar-refractivity contribution in [2.24, 2.45) is 0 Å². The molecule has 120 valence electrons. The number of nitrogens with one attached hydrogen (secondary N) is 1. The Kier molecular flexibility index (Phi) is 3.83. The van der Waals surface area contributed by atoms with Crippen molar-refractivity contribution in [1.29, 1.82) is 0 Å². The lowest BCUT2D eigenvalue weighted by Crippen LogP contribution is -2.36. The predicted octanol–water partition coefficient (Wildman–Crippen LogP) is 2.26. The van der Waals surface area contributed by atoms with E-state index in [1.807, 2.05) is 31.3 Å². The van der Waals surface area contributed by atoms with E-state index in [4.69, 9.17) is 4.74 Å². The molecule has 2 aromatic heterocycles. The number of pyridine rings is 1. The van der Waals surface area contributed by atoms with E-state index in [-0.39, 0.29) is 0 Å². The highest BCUT2D eigenvalue weighted by Gasteiger charge is 2.21. The lowest BCUT2D eigenvalue weighted by atomic mass is 10.2. The maximum atomic E-state index is 5.38. The van der Waals surface area contributed by atoms with Gasteiger partial charge in [-0.25, -0.2) is 15.0 Å². The van der Waals surface area contributed by atoms with Gasteiger partial charge < -0.3 is 15.0 Å². The van der Waals surface area contributed by atoms with Crippen molar-refractivity contribution in [2.45, 2.75) is 25.8 Å². The van der Waals surface area contributed by atoms with Crippen LogP contribution < -0.4 is 10.2 Å². The van der Waals surface area contributed by atoms with E-state index < -0.39 is 0 Å². The summed E-state index contributed by atoms with van der Waals surface area (Å²) in [5.41, 5.74) is 1.92. The van der Waals surface area contributed by atoms with Crippen LogP contribution in [0.1, 0.15) is 18.5 Å². The first-order valence-electron chi connectivity index (χ1n) is 8.19. The molecule has 1 aliphatic carbocycles. The summed E-state index contributed by atoms with van der Waals surface area (Å²) >= 11 is 0. The van der Waals surface area contributed by atoms with Crippen LogP contribution in [0.4, 0.5) is 11.6 Å². The fourth-order valence-electron chi connectivity index (χ4n) is 2.71. The molecule has 2 aliphatic rings. The average molecular weight is 311 g/mol. The third-order valence-electron chi connectivity index (χ3n) is 4.12. The molecule has 0 radical (unpaired) electrons. The molecule has 1 saturated carbocycles. The van der Waals surface area contributed by atoms with Crippen LogP contribution in [0.2, 0.25) is 0 Å². The molecule has 1 saturated heterocycles. The molecular weight excluding hydrogens is 290 g/mol. The molecule has 0 bridgehead atoms. The normalized spacial score (nSPS) is 18.0. The van der Waals surface area contributed by atoms with Crippen molar-refractivity contribution in [3.05, 3.63) is 30.1 Å². The number of anilines is 2. The molecular formula is C17H21N5O. The SMILES string of the molecule is Cc1cc(NC2CC2)nc(-c2ccc(N3CCOCC3)nc2)n1. The molecule has 0 amide bonds. The zero-order chi connectivity index (χ0) is 15.6. The van der Waals surface area contributed by atoms with Crippen molar-refractivity contribution in [2.75, 3.05) is 36.5 Å². The quantitative estimate of drug-likeness (QED) is 0.934. The summed E-state index contributed by atoms with van der Waals surface area (Å²) < 4.78 is 5.38. The van der Waals surface area contributed by atoms with Gasteiger partial charge >= 0.3 is 0 Å². The van der Waals surface area contributed by atoms with Gasteiger partial charge in [-0.3, -0.25) is 0 Å². The fourth-order valence-corrected chi connectivity index (χ4v) is 2.71. The van der Waals surface area contributed by atoms with E-state index in [9.17, 15) is 0 Å². The van der Waals surface area contributed by atoms with Crippen LogP contribution in [0, 0.1) is 6.92 Å². The van der Waals surface area contributed by atoms with Crippen molar-refractivity contribution in [3.63, 3.8) is 0 Å². The molecule has 0 atom stereocenters. The summed E-state index contributed by atoms with van der Waals surface area (Å²) in [6.07, 6.45) is 4.32. The molecule has 23 heavy (non-hydrogen) atoms. The minimum atomic E-state index is 0.582. The van der Waals surface area contributed by atoms with Crippen LogP contribution in [0.15, 0.2) is 24.4 Å². The van der Waals surface area contributed by atoms with Gasteiger partial charge in [0.25, 0.3) is 0 Å². The van der Waals surface area contributed by atoms with Gasteiger partial charge in [0.15, 0.2) is 5.82 Å². The highest BCUT2D eigenvalue weighted by atomic mass is 16.5. The largest absolute Gasteiger partial charge is 0.378 e. The van der Waals surface area contributed by atoms with E-state index in [2.05, 4.69) is 25.2 Å². The summed E-state index contributed by atoms with van der Waals surface area (Å²) in [6, 6.07) is 6.67. The van der Waals surface area contributed by atoms with Crippen LogP contribution in [0.5, 0.6) is 0 Å². The number of hydrogen-bond donors (Lipinski definition) is 1. The molecule has 1 N–H and O–H groups in total. The molecule has 2 fully saturated rings. The minimum absolute atomic E-state index is 0.582. The van der Waals surface area contributed by atoms with Gasteiger partial charge in [-0.15, -0.1) is 0 Å². The number of ether oxygens (including phenoxy) is 1. The van der Waals surface area contributed by atoms with Gasteiger partial charge in [0.2, 0.25) is 0 Å². The summed E-state index contributed by atoms with van der Waals surface area (Å²) in [4.78, 5) is 16.0. The topological polar surface area (TPSA) is 63.2 Å². The number of morpholine rings is 1. The monoisotopic (exact) mass is 311 g/mol. The van der Waals surface area contributed by atoms with Crippen molar-refractivity contribution >= 4 is 11.6 Å². The highest BCUT2D eigenvalue weighted by molar-refractivity contribution is 5.59. The lowest BCUT2D eigenvalue weighted by molar-refractivity contribution is 0.122. The van der Waals surface area contributed by atoms with Gasteiger partial charge in [-0.05, 0) is 31.9 Å². The molecule has 4 rings (SSSR count). The van der Waals surface area contributed by atoms with Crippen molar-refractivity contribution < 1.29 is 4.74 Å². The molecule has 0 spiro atoms. The van der Waals surface area contributed by atoms with Crippen molar-refractivity contribution in [3.8, 4) is 11.4 Å². The lowest BCUT2D eigenvalue weighted by Gasteiger charge is -2.27. The van der Waals surface area contributed by atoms with Crippen LogP contribution in [0.3, 0.4) is 0 Å². The van der Waals surface area contributed by atoms with E-state index in [0.29, 0.717) is 6.04 Å². The Morgan fingerprint density at radius 3 is 2.70 bits per heavy atom. The second-order valence-corrected chi connectivity index (χ2v) is 6.14. The second-order valence-electron chi connectivity index (χ2n) is 6.14. The van der Waals surface area contributed by atoms with Gasteiger partial charge in [-0.1, -0.05) is 0 Å². The molecule has 1 aliphatic heterocycles. The first-order chi connectivity index (χ1) is 11.3. The first kappa shape index (κ1) is 14.4. The third-order valence-corrected chi connectivity index (χ3v) is 4.12. The van der Waals surface area contributed by atoms with Gasteiger partial charge in [-0.2, -0.15) is 0 Å². The molecule has 6 nitrogen and oxygen atoms in total. The van der Waals surface area contributed by atoms with E-state index in [1.54, 1.807) is 0 Å². The van der Waals surface area contributed by atoms with Gasteiger partial charge in [0, 0.05) is 42.7 Å². The minimum Gasteiger partial charge on any atom is -0.378 e. The molecule has 2 aromatic rings. The molecule has 3 heterocycles. The molecule has 0 unspecified atom stereocenters. The zero-order valence-corrected chi connectivity index (χ0v) is 13.3. The maximum absolute atomic E-state index is 5.38. The summed E-state index contributed by atoms with van der Waals surface area (Å²) in [7, 11) is 0. The predicted molar refractivity (Wildman–Crippen MR) is 89.7 cm³/mol. The number of aryl methyl sites for hydroxylation is 1. The van der Waals surface area contributed by atoms with Gasteiger partial charge in [0.1, 0.15) is 11.6 Å². The number of rotatable bonds is 4. The Hall–Kier alpha value is -2.21. The Bertz CT molecular complexity index is 678. The standard InChI is InChI=1S/C17H21N5O/c1-12-10-15(20-14-3-4-14)21-17(19-12)13-2-5-16(18-11-13)22-6-8-23-9-7-22/h2,5,10-11,14H,3-4,6-9H2,1H3,(H,19,20,21). The number of hydrogen-bond acceptors (Lipinski definition) is 6. The van der Waals surface area contributed by atoms with E-state index in [1.165, 1.54) is 12.8 Å². The molecule has 6 heteroatoms. The summed E-state index contributed by atoms with van der Waals surface area (Å²) in [6.45, 7) is 5.31. The Morgan fingerprint density at radius 2 is 2.00 bits per heavy atom. The average Bonchev–Trinajstić information content (AvgIpc) is 3.39. The van der Waals surface area contributed by atoms with Crippen LogP contribution >= 0.6 is 0 Å². The maximum Gasteiger partial charge on any atom is 0.163 e. The third kappa shape index (κ3) is 3.42. The summed E-state index contributed by atoms with van der Waals surface area (Å²) in [5, 5.41) is 3.44. The van der Waals surface area contributed by atoms with Gasteiger partial charge in [0.05, 0.1) is 13.2 Å². The highest BCUT2D eigenvalue weighted by Crippen LogP contribution is 2.25. The van der Waals surface area contributed by atoms with Crippen molar-refractivity contribution in [1.82, 2.24) is 15.0 Å². The molecule has 0 aromatic carbocycles. The number of nitrogens with zero attached hydrogens (tertiary/aromatic N) is 4. The van der Waals surface area contributed by atoms with E-state index in [0.717, 1.165) is 55.0 Å². The smallest absolute Gasteiger partial charge is 0.163 e. The van der Waals surface area contributed by atoms with Crippen LogP contribution in [-0.2, 0) is 4.74 Å². The van der Waals surface area contributed by atoms with E-state index >= 15 is 0 Å². The second kappa shape index (κ2) is 6.12. The fraction of sp³-hybridized carbons (Fsp3) is 0.471. The Balaban J connectivity index is 1.56. The van der Waals surface area contributed by atoms with Crippen LogP contribution in [-0.4, -0.2) is 47.3 Å². The Labute approximate surface area is 135 Å². The Morgan fingerprint density at radius 1 is 1.17 bits per heavy atom. The summed E-state index contributed by atoms with van der Waals surface area (Å²) in [5.74, 6) is 2.63.